The molecule has 0 amide bonds. The summed E-state index contributed by atoms with van der Waals surface area (Å²) in [7, 11) is 0. The van der Waals surface area contributed by atoms with E-state index in [1.807, 2.05) is 130 Å². The van der Waals surface area contributed by atoms with Gasteiger partial charge in [0.25, 0.3) is 6.33 Å². The van der Waals surface area contributed by atoms with Crippen molar-refractivity contribution < 1.29 is 44.1 Å². The van der Waals surface area contributed by atoms with Crippen LogP contribution in [0.3, 0.4) is 0 Å². The Bertz CT molecular complexity index is 5690. The van der Waals surface area contributed by atoms with Crippen molar-refractivity contribution in [2.75, 3.05) is 0 Å². The minimum absolute atomic E-state index is 0. The number of pyridine rings is 1. The second kappa shape index (κ2) is 22.1. The maximum atomic E-state index is 9.49. The molecule has 0 fully saturated rings. The van der Waals surface area contributed by atoms with Gasteiger partial charge in [-0.1, -0.05) is 238 Å². The molecule has 1 aliphatic rings. The molecule has 0 radical (unpaired) electrons. The Labute approximate surface area is 541 Å². The molecule has 15 aromatic rings. The fraction of sp³-hybridized carbons (Fsp3) is 0.0488. The Hall–Kier alpha value is -10.5. The molecule has 5 nitrogen and oxygen atoms in total. The quantitative estimate of drug-likeness (QED) is 0.107. The smallest absolute Gasteiger partial charge is 0.268 e. The monoisotopic (exact) mass is 1320 g/mol. The van der Waals surface area contributed by atoms with Crippen molar-refractivity contribution in [1.82, 2.24) is 14.1 Å². The van der Waals surface area contributed by atoms with E-state index >= 15 is 0 Å². The minimum Gasteiger partial charge on any atom is -0.510 e. The number of benzene rings is 12. The van der Waals surface area contributed by atoms with Gasteiger partial charge < -0.3 is 13.9 Å². The van der Waals surface area contributed by atoms with Crippen LogP contribution in [0.2, 0.25) is 0 Å². The van der Waals surface area contributed by atoms with Crippen LogP contribution < -0.4 is 9.30 Å². The molecular formula is C82H56N4OPt-2. The maximum absolute atomic E-state index is 9.49. The minimum atomic E-state index is -0.475. The largest absolute Gasteiger partial charge is 0.510 e. The molecule has 422 valence electrons. The van der Waals surface area contributed by atoms with Gasteiger partial charge in [-0.05, 0) is 147 Å². The first kappa shape index (κ1) is 44.1. The molecule has 6 heteroatoms. The molecule has 0 N–H and O–H groups in total. The summed E-state index contributed by atoms with van der Waals surface area (Å²) in [6.45, 7) is 6.43. The van der Waals surface area contributed by atoms with Gasteiger partial charge in [0.15, 0.2) is 0 Å². The zero-order chi connectivity index (χ0) is 66.9. The summed E-state index contributed by atoms with van der Waals surface area (Å²) >= 11 is 0. The van der Waals surface area contributed by atoms with Gasteiger partial charge in [-0.3, -0.25) is 4.57 Å². The van der Waals surface area contributed by atoms with Gasteiger partial charge in [0, 0.05) is 44.3 Å². The topological polar surface area (TPSA) is 35.9 Å². The van der Waals surface area contributed by atoms with Crippen LogP contribution in [-0.2, 0) is 26.5 Å². The Morgan fingerprint density at radius 3 is 1.77 bits per heavy atom. The van der Waals surface area contributed by atoms with Gasteiger partial charge in [0.05, 0.1) is 30.4 Å². The van der Waals surface area contributed by atoms with Gasteiger partial charge in [0.1, 0.15) is 5.82 Å². The average Bonchev–Trinajstić information content (AvgIpc) is 1.47. The number of rotatable bonds is 9. The van der Waals surface area contributed by atoms with Crippen LogP contribution in [0.1, 0.15) is 40.0 Å². The molecule has 0 saturated carbocycles. The number of imidazole rings is 1. The van der Waals surface area contributed by atoms with Gasteiger partial charge in [0.2, 0.25) is 0 Å². The number of nitrogens with zero attached hydrogens (tertiary/aromatic N) is 4. The van der Waals surface area contributed by atoms with Crippen molar-refractivity contribution in [3.8, 4) is 118 Å². The summed E-state index contributed by atoms with van der Waals surface area (Å²) < 4.78 is 102. The van der Waals surface area contributed by atoms with Crippen molar-refractivity contribution in [3.63, 3.8) is 0 Å². The summed E-state index contributed by atoms with van der Waals surface area (Å²) in [6, 6.07) is 76.2. The van der Waals surface area contributed by atoms with E-state index in [0.29, 0.717) is 45.2 Å². The summed E-state index contributed by atoms with van der Waals surface area (Å²) in [5, 5.41) is 1.52. The summed E-state index contributed by atoms with van der Waals surface area (Å²) in [4.78, 5) is 4.91. The van der Waals surface area contributed by atoms with Crippen LogP contribution in [0.5, 0.6) is 11.5 Å². The van der Waals surface area contributed by atoms with E-state index in [4.69, 9.17) is 20.7 Å². The van der Waals surface area contributed by atoms with Crippen molar-refractivity contribution in [2.24, 2.45) is 0 Å². The predicted octanol–water partition coefficient (Wildman–Crippen LogP) is 20.5. The fourth-order valence-corrected chi connectivity index (χ4v) is 12.4. The van der Waals surface area contributed by atoms with Crippen LogP contribution in [0.15, 0.2) is 285 Å². The Kier molecular flexibility index (Phi) is 11.1. The Balaban J connectivity index is 0.00000784. The number of para-hydroxylation sites is 2. The standard InChI is InChI=1S/C82H56N4O.Pt/c1-82(2,3)62-44-45-83-78(50-62)86-75-43-40-58(54-22-8-4-9-23-54)49-74(75)70-42-41-65(52-77(70)86)87-64-31-18-30-63(51-64)84-53-85-80-67(61-47-59(55-24-10-5-11-25-55)46-60(48-61)56-26-12-6-13-27-56)35-20-38-73(80)79-66(57-28-14-7-15-29-57)34-19-36-71(79)68-32-16-17-33-69(68)72-37-21-39-76(84)81(72)85;/h4-50H,1-3H3;/q-2;/i4D,7D,8D,9D,14D,15D,22D,23D,28D,29D;. The fourth-order valence-electron chi connectivity index (χ4n) is 12.4. The number of hydrogen-bond donors (Lipinski definition) is 0. The van der Waals surface area contributed by atoms with Gasteiger partial charge in [-0.15, -0.1) is 29.7 Å². The molecule has 4 heterocycles. The second-order valence-electron chi connectivity index (χ2n) is 22.8. The molecule has 0 aliphatic carbocycles. The van der Waals surface area contributed by atoms with Crippen molar-refractivity contribution in [3.05, 3.63) is 309 Å². The Morgan fingerprint density at radius 2 is 1.05 bits per heavy atom. The number of hydrogen-bond acceptors (Lipinski definition) is 2. The van der Waals surface area contributed by atoms with Crippen LogP contribution >= 0.6 is 0 Å². The van der Waals surface area contributed by atoms with Crippen LogP contribution in [0.25, 0.3) is 139 Å². The van der Waals surface area contributed by atoms with Crippen LogP contribution in [0, 0.1) is 18.5 Å². The second-order valence-corrected chi connectivity index (χ2v) is 22.8. The third kappa shape index (κ3) is 9.47. The summed E-state index contributed by atoms with van der Waals surface area (Å²) in [5.41, 5.74) is 16.9. The SMILES string of the molecule is [2H]c1c([2H])c([2H])c(-c2ccc3c(c2)c2ccc(Oc4[c-]c(-n5[c-][n+]6c7c(cccc75)-c5ccccc5-c5cccc(-c7c([2H])c([2H])c([2H])c([2H])c7[2H])c5-c5cccc(-c7cc(-c8ccccc8)cc(-c8ccccc8)c7)c5-6)ccc4)[c-]c2n3-c2cc(C(C)(C)C)ccn2)c([2H])c1[2H].[Pt]. The van der Waals surface area contributed by atoms with E-state index in [-0.39, 0.29) is 61.8 Å². The molecule has 0 atom stereocenters. The molecule has 16 rings (SSSR count). The predicted molar refractivity (Wildman–Crippen MR) is 356 cm³/mol. The first-order valence-electron chi connectivity index (χ1n) is 33.9. The molecular weight excluding hydrogens is 1250 g/mol. The molecule has 3 aromatic heterocycles. The molecule has 12 aromatic carbocycles. The zero-order valence-electron chi connectivity index (χ0n) is 57.9. The third-order valence-corrected chi connectivity index (χ3v) is 16.5. The summed E-state index contributed by atoms with van der Waals surface area (Å²) in [5.74, 6) is 1.38. The van der Waals surface area contributed by atoms with E-state index in [1.165, 1.54) is 0 Å². The maximum Gasteiger partial charge on any atom is 0.268 e. The third-order valence-electron chi connectivity index (χ3n) is 16.5. The Morgan fingerprint density at radius 1 is 0.443 bits per heavy atom. The molecule has 1 aliphatic heterocycles. The first-order chi connectivity index (χ1) is 46.9. The molecule has 0 bridgehead atoms. The van der Waals surface area contributed by atoms with Crippen molar-refractivity contribution in [1.29, 1.82) is 0 Å². The van der Waals surface area contributed by atoms with Crippen LogP contribution in [0.4, 0.5) is 0 Å². The van der Waals surface area contributed by atoms with E-state index in [0.717, 1.165) is 99.8 Å². The van der Waals surface area contributed by atoms with Crippen molar-refractivity contribution >= 4 is 32.8 Å². The number of aromatic nitrogens is 4. The first-order valence-corrected chi connectivity index (χ1v) is 28.9. The van der Waals surface area contributed by atoms with E-state index < -0.39 is 36.3 Å². The van der Waals surface area contributed by atoms with E-state index in [2.05, 4.69) is 135 Å². The number of fused-ring (bicyclic) bond motifs is 10. The van der Waals surface area contributed by atoms with Gasteiger partial charge >= 0.3 is 0 Å². The molecule has 0 spiro atoms. The number of ether oxygens (including phenoxy) is 1. The van der Waals surface area contributed by atoms with E-state index in [1.54, 1.807) is 12.3 Å². The summed E-state index contributed by atoms with van der Waals surface area (Å²) in [6.07, 6.45) is 5.68. The molecule has 88 heavy (non-hydrogen) atoms. The van der Waals surface area contributed by atoms with Crippen molar-refractivity contribution in [2.45, 2.75) is 26.2 Å². The molecule has 0 unspecified atom stereocenters. The van der Waals surface area contributed by atoms with E-state index in [9.17, 15) is 2.74 Å². The van der Waals surface area contributed by atoms with Gasteiger partial charge in [-0.2, -0.15) is 18.2 Å². The normalized spacial score (nSPS) is 13.3. The van der Waals surface area contributed by atoms with Crippen LogP contribution in [-0.4, -0.2) is 14.1 Å². The van der Waals surface area contributed by atoms with Gasteiger partial charge in [-0.25, -0.2) is 4.98 Å². The molecule has 0 saturated heterocycles. The average molecular weight is 1320 g/mol. The zero-order valence-corrected chi connectivity index (χ0v) is 50.1.